The summed E-state index contributed by atoms with van der Waals surface area (Å²) in [6, 6.07) is 5.86. The number of rotatable bonds is 3. The molecule has 0 unspecified atom stereocenters. The van der Waals surface area contributed by atoms with E-state index in [-0.39, 0.29) is 17.5 Å². The predicted molar refractivity (Wildman–Crippen MR) is 76.4 cm³/mol. The zero-order chi connectivity index (χ0) is 14.8. The SMILES string of the molecule is O=C1NC[C@H](c2nccs2)[C@H]1C(=O)Nc1ccccc1F. The fraction of sp³-hybridized carbons (Fsp3) is 0.214. The van der Waals surface area contributed by atoms with Gasteiger partial charge in [-0.05, 0) is 12.1 Å². The van der Waals surface area contributed by atoms with E-state index in [0.29, 0.717) is 6.54 Å². The van der Waals surface area contributed by atoms with Gasteiger partial charge in [-0.15, -0.1) is 11.3 Å². The van der Waals surface area contributed by atoms with Gasteiger partial charge in [-0.1, -0.05) is 12.1 Å². The average molecular weight is 305 g/mol. The van der Waals surface area contributed by atoms with Crippen LogP contribution in [0, 0.1) is 11.7 Å². The van der Waals surface area contributed by atoms with Gasteiger partial charge in [-0.25, -0.2) is 9.37 Å². The van der Waals surface area contributed by atoms with E-state index in [0.717, 1.165) is 5.01 Å². The molecular weight excluding hydrogens is 293 g/mol. The lowest BCUT2D eigenvalue weighted by Crippen LogP contribution is -2.32. The van der Waals surface area contributed by atoms with E-state index >= 15 is 0 Å². The molecule has 7 heteroatoms. The molecule has 21 heavy (non-hydrogen) atoms. The number of anilines is 1. The number of carbonyl (C=O) groups is 2. The van der Waals surface area contributed by atoms with Crippen LogP contribution in [0.25, 0.3) is 0 Å². The first-order valence-electron chi connectivity index (χ1n) is 6.39. The lowest BCUT2D eigenvalue weighted by molar-refractivity contribution is -0.130. The second-order valence-corrected chi connectivity index (χ2v) is 5.59. The van der Waals surface area contributed by atoms with Crippen LogP contribution >= 0.6 is 11.3 Å². The fourth-order valence-corrected chi connectivity index (χ4v) is 3.12. The second kappa shape index (κ2) is 5.61. The highest BCUT2D eigenvalue weighted by Gasteiger charge is 2.42. The molecule has 2 atom stereocenters. The number of amides is 2. The number of carbonyl (C=O) groups excluding carboxylic acids is 2. The molecule has 5 nitrogen and oxygen atoms in total. The Bertz CT molecular complexity index is 675. The van der Waals surface area contributed by atoms with E-state index in [1.807, 2.05) is 0 Å². The van der Waals surface area contributed by atoms with Crippen LogP contribution in [0.1, 0.15) is 10.9 Å². The number of para-hydroxylation sites is 1. The largest absolute Gasteiger partial charge is 0.355 e. The first-order chi connectivity index (χ1) is 10.2. The Morgan fingerprint density at radius 3 is 2.95 bits per heavy atom. The van der Waals surface area contributed by atoms with E-state index in [4.69, 9.17) is 0 Å². The van der Waals surface area contributed by atoms with Crippen molar-refractivity contribution in [2.45, 2.75) is 5.92 Å². The third kappa shape index (κ3) is 2.64. The van der Waals surface area contributed by atoms with Crippen LogP contribution in [-0.4, -0.2) is 23.3 Å². The van der Waals surface area contributed by atoms with Crippen molar-refractivity contribution < 1.29 is 14.0 Å². The van der Waals surface area contributed by atoms with Gasteiger partial charge in [0, 0.05) is 24.0 Å². The maximum Gasteiger partial charge on any atom is 0.237 e. The van der Waals surface area contributed by atoms with E-state index in [2.05, 4.69) is 15.6 Å². The summed E-state index contributed by atoms with van der Waals surface area (Å²) in [5.41, 5.74) is 0.0695. The van der Waals surface area contributed by atoms with Crippen LogP contribution in [0.5, 0.6) is 0 Å². The van der Waals surface area contributed by atoms with Crippen LogP contribution in [0.2, 0.25) is 0 Å². The summed E-state index contributed by atoms with van der Waals surface area (Å²) in [6.07, 6.45) is 1.63. The highest BCUT2D eigenvalue weighted by molar-refractivity contribution is 7.09. The van der Waals surface area contributed by atoms with Gasteiger partial charge in [0.15, 0.2) is 0 Å². The molecule has 0 radical (unpaired) electrons. The van der Waals surface area contributed by atoms with Crippen LogP contribution in [0.3, 0.4) is 0 Å². The van der Waals surface area contributed by atoms with E-state index in [1.54, 1.807) is 17.6 Å². The van der Waals surface area contributed by atoms with Crippen molar-refractivity contribution in [3.8, 4) is 0 Å². The van der Waals surface area contributed by atoms with Gasteiger partial charge in [-0.2, -0.15) is 0 Å². The van der Waals surface area contributed by atoms with E-state index in [1.165, 1.54) is 29.5 Å². The summed E-state index contributed by atoms with van der Waals surface area (Å²) >= 11 is 1.40. The van der Waals surface area contributed by atoms with E-state index in [9.17, 15) is 14.0 Å². The maximum absolute atomic E-state index is 13.6. The summed E-state index contributed by atoms with van der Waals surface area (Å²) in [5.74, 6) is -2.62. The Kier molecular flexibility index (Phi) is 3.66. The lowest BCUT2D eigenvalue weighted by Gasteiger charge is -2.14. The number of hydrogen-bond donors (Lipinski definition) is 2. The van der Waals surface area contributed by atoms with Crippen molar-refractivity contribution >= 4 is 28.8 Å². The molecule has 108 valence electrons. The molecule has 0 bridgehead atoms. The summed E-state index contributed by atoms with van der Waals surface area (Å²) in [5, 5.41) is 7.66. The zero-order valence-corrected chi connectivity index (χ0v) is 11.7. The molecule has 0 aliphatic carbocycles. The average Bonchev–Trinajstić information content (AvgIpc) is 3.10. The minimum absolute atomic E-state index is 0.0695. The van der Waals surface area contributed by atoms with Crippen molar-refractivity contribution in [3.05, 3.63) is 46.7 Å². The van der Waals surface area contributed by atoms with Crippen LogP contribution in [-0.2, 0) is 9.59 Å². The molecule has 3 rings (SSSR count). The molecule has 2 amide bonds. The molecule has 1 aromatic heterocycles. The van der Waals surface area contributed by atoms with Gasteiger partial charge >= 0.3 is 0 Å². The molecule has 2 aromatic rings. The van der Waals surface area contributed by atoms with Gasteiger partial charge in [0.2, 0.25) is 11.8 Å². The number of nitrogens with one attached hydrogen (secondary N) is 2. The van der Waals surface area contributed by atoms with Crippen molar-refractivity contribution in [2.24, 2.45) is 5.92 Å². The maximum atomic E-state index is 13.6. The van der Waals surface area contributed by atoms with Crippen molar-refractivity contribution in [2.75, 3.05) is 11.9 Å². The van der Waals surface area contributed by atoms with Gasteiger partial charge in [0.25, 0.3) is 0 Å². The number of hydrogen-bond acceptors (Lipinski definition) is 4. The normalized spacial score (nSPS) is 21.1. The smallest absolute Gasteiger partial charge is 0.237 e. The van der Waals surface area contributed by atoms with E-state index < -0.39 is 17.6 Å². The third-order valence-corrected chi connectivity index (χ3v) is 4.27. The van der Waals surface area contributed by atoms with Crippen LogP contribution < -0.4 is 10.6 Å². The molecular formula is C14H12FN3O2S. The second-order valence-electron chi connectivity index (χ2n) is 4.67. The number of aromatic nitrogens is 1. The summed E-state index contributed by atoms with van der Waals surface area (Å²) < 4.78 is 13.6. The predicted octanol–water partition coefficient (Wildman–Crippen LogP) is 1.75. The molecule has 2 heterocycles. The van der Waals surface area contributed by atoms with Crippen molar-refractivity contribution in [3.63, 3.8) is 0 Å². The van der Waals surface area contributed by atoms with Gasteiger partial charge in [0.05, 0.1) is 10.7 Å². The Hall–Kier alpha value is -2.28. The minimum Gasteiger partial charge on any atom is -0.355 e. The van der Waals surface area contributed by atoms with Gasteiger partial charge in [-0.3, -0.25) is 9.59 Å². The Morgan fingerprint density at radius 2 is 2.24 bits per heavy atom. The van der Waals surface area contributed by atoms with Crippen LogP contribution in [0.15, 0.2) is 35.8 Å². The fourth-order valence-electron chi connectivity index (χ4n) is 2.34. The first-order valence-corrected chi connectivity index (χ1v) is 7.27. The number of halogens is 1. The topological polar surface area (TPSA) is 71.1 Å². The first kappa shape index (κ1) is 13.7. The molecule has 0 saturated carbocycles. The third-order valence-electron chi connectivity index (χ3n) is 3.36. The highest BCUT2D eigenvalue weighted by atomic mass is 32.1. The Labute approximate surface area is 124 Å². The number of thiazole rings is 1. The molecule has 1 aliphatic rings. The lowest BCUT2D eigenvalue weighted by atomic mass is 9.95. The monoisotopic (exact) mass is 305 g/mol. The van der Waals surface area contributed by atoms with Crippen molar-refractivity contribution in [1.82, 2.24) is 10.3 Å². The number of nitrogens with zero attached hydrogens (tertiary/aromatic N) is 1. The van der Waals surface area contributed by atoms with Crippen molar-refractivity contribution in [1.29, 1.82) is 0 Å². The summed E-state index contributed by atoms with van der Waals surface area (Å²) in [4.78, 5) is 28.4. The minimum atomic E-state index is -0.893. The molecule has 0 spiro atoms. The standard InChI is InChI=1S/C14H12FN3O2S/c15-9-3-1-2-4-10(9)18-13(20)11-8(7-17-12(11)19)14-16-5-6-21-14/h1-6,8,11H,7H2,(H,17,19)(H,18,20)/t8-,11+/m0/s1. The van der Waals surface area contributed by atoms with Gasteiger partial charge < -0.3 is 10.6 Å². The molecule has 2 N–H and O–H groups in total. The van der Waals surface area contributed by atoms with Gasteiger partial charge in [0.1, 0.15) is 11.7 Å². The Balaban J connectivity index is 1.82. The molecule has 1 saturated heterocycles. The zero-order valence-electron chi connectivity index (χ0n) is 10.9. The molecule has 1 aliphatic heterocycles. The quantitative estimate of drug-likeness (QED) is 0.849. The highest BCUT2D eigenvalue weighted by Crippen LogP contribution is 2.31. The Morgan fingerprint density at radius 1 is 1.43 bits per heavy atom. The summed E-state index contributed by atoms with van der Waals surface area (Å²) in [7, 11) is 0. The van der Waals surface area contributed by atoms with Crippen LogP contribution in [0.4, 0.5) is 10.1 Å². The molecule has 1 aromatic carbocycles. The number of benzene rings is 1. The summed E-state index contributed by atoms with van der Waals surface area (Å²) in [6.45, 7) is 0.363. The molecule has 1 fully saturated rings.